The van der Waals surface area contributed by atoms with Crippen molar-refractivity contribution in [3.05, 3.63) is 29.8 Å². The maximum Gasteiger partial charge on any atom is 0.194 e. The van der Waals surface area contributed by atoms with Crippen LogP contribution < -0.4 is 4.74 Å². The van der Waals surface area contributed by atoms with E-state index in [9.17, 15) is 9.90 Å². The Morgan fingerprint density at radius 3 is 2.36 bits per heavy atom. The summed E-state index contributed by atoms with van der Waals surface area (Å²) in [6.45, 7) is 1.09. The quantitative estimate of drug-likeness (QED) is 0.567. The Balaban J connectivity index is 1.87. The zero-order chi connectivity index (χ0) is 15.8. The molecule has 2 N–H and O–H groups in total. The van der Waals surface area contributed by atoms with E-state index in [-0.39, 0.29) is 12.4 Å². The smallest absolute Gasteiger partial charge is 0.194 e. The topological polar surface area (TPSA) is 76.0 Å². The van der Waals surface area contributed by atoms with Crippen LogP contribution in [0.2, 0.25) is 0 Å². The Morgan fingerprint density at radius 1 is 1.05 bits per heavy atom. The summed E-state index contributed by atoms with van der Waals surface area (Å²) in [5.74, 6) is 0.463. The first-order valence-electron chi connectivity index (χ1n) is 7.84. The van der Waals surface area contributed by atoms with Crippen molar-refractivity contribution < 1.29 is 24.5 Å². The number of aliphatic hydroxyl groups excluding tert-OH is 1. The average Bonchev–Trinajstić information content (AvgIpc) is 2.55. The van der Waals surface area contributed by atoms with Crippen LogP contribution in [-0.2, 0) is 4.74 Å². The van der Waals surface area contributed by atoms with Gasteiger partial charge in [-0.1, -0.05) is 19.3 Å². The summed E-state index contributed by atoms with van der Waals surface area (Å²) in [6.07, 6.45) is 3.98. The molecule has 0 spiro atoms. The lowest BCUT2D eigenvalue weighted by Gasteiger charge is -2.30. The van der Waals surface area contributed by atoms with Crippen LogP contribution in [-0.4, -0.2) is 48.0 Å². The van der Waals surface area contributed by atoms with Crippen LogP contribution in [0.3, 0.4) is 0 Å². The van der Waals surface area contributed by atoms with Crippen molar-refractivity contribution in [2.45, 2.75) is 37.7 Å². The predicted molar refractivity (Wildman–Crippen MR) is 82.2 cm³/mol. The van der Waals surface area contributed by atoms with Gasteiger partial charge in [0.15, 0.2) is 5.78 Å². The lowest BCUT2D eigenvalue weighted by Crippen LogP contribution is -2.40. The molecule has 1 aliphatic rings. The van der Waals surface area contributed by atoms with Crippen molar-refractivity contribution in [2.24, 2.45) is 0 Å². The molecule has 2 rings (SSSR count). The van der Waals surface area contributed by atoms with Gasteiger partial charge in [0.2, 0.25) is 0 Å². The molecule has 0 amide bonds. The average molecular weight is 308 g/mol. The molecule has 1 aromatic carbocycles. The fourth-order valence-corrected chi connectivity index (χ4v) is 2.72. The SMILES string of the molecule is O=C(c1ccc(OCCOCCO)cc1)C1(O)CCCCC1. The molecule has 22 heavy (non-hydrogen) atoms. The largest absolute Gasteiger partial charge is 0.491 e. The van der Waals surface area contributed by atoms with E-state index < -0.39 is 5.60 Å². The summed E-state index contributed by atoms with van der Waals surface area (Å²) in [5, 5.41) is 19.0. The normalized spacial score (nSPS) is 17.2. The van der Waals surface area contributed by atoms with Crippen LogP contribution in [0.25, 0.3) is 0 Å². The number of hydrogen-bond acceptors (Lipinski definition) is 5. The van der Waals surface area contributed by atoms with Gasteiger partial charge < -0.3 is 19.7 Å². The lowest BCUT2D eigenvalue weighted by atomic mass is 9.79. The maximum absolute atomic E-state index is 12.4. The highest BCUT2D eigenvalue weighted by atomic mass is 16.5. The van der Waals surface area contributed by atoms with Gasteiger partial charge in [0, 0.05) is 5.56 Å². The third kappa shape index (κ3) is 4.53. The number of aliphatic hydroxyl groups is 2. The van der Waals surface area contributed by atoms with Crippen molar-refractivity contribution in [1.29, 1.82) is 0 Å². The highest BCUT2D eigenvalue weighted by Gasteiger charge is 2.37. The molecule has 0 radical (unpaired) electrons. The highest BCUT2D eigenvalue weighted by Crippen LogP contribution is 2.31. The van der Waals surface area contributed by atoms with Crippen LogP contribution in [0.15, 0.2) is 24.3 Å². The second kappa shape index (κ2) is 8.27. The van der Waals surface area contributed by atoms with Gasteiger partial charge in [-0.05, 0) is 37.1 Å². The van der Waals surface area contributed by atoms with E-state index in [1.807, 2.05) is 0 Å². The van der Waals surface area contributed by atoms with Gasteiger partial charge in [-0.15, -0.1) is 0 Å². The molecule has 0 atom stereocenters. The number of ether oxygens (including phenoxy) is 2. The molecule has 5 heteroatoms. The molecule has 122 valence electrons. The van der Waals surface area contributed by atoms with Gasteiger partial charge in [-0.25, -0.2) is 0 Å². The van der Waals surface area contributed by atoms with E-state index in [2.05, 4.69) is 0 Å². The first kappa shape index (κ1) is 16.9. The first-order chi connectivity index (χ1) is 10.7. The zero-order valence-electron chi connectivity index (χ0n) is 12.8. The van der Waals surface area contributed by atoms with E-state index in [0.717, 1.165) is 19.3 Å². The molecule has 0 saturated heterocycles. The molecule has 5 nitrogen and oxygen atoms in total. The Morgan fingerprint density at radius 2 is 1.73 bits per heavy atom. The molecule has 1 aliphatic carbocycles. The van der Waals surface area contributed by atoms with Gasteiger partial charge in [0.1, 0.15) is 18.0 Å². The monoisotopic (exact) mass is 308 g/mol. The van der Waals surface area contributed by atoms with Gasteiger partial charge in [0.05, 0.1) is 19.8 Å². The summed E-state index contributed by atoms with van der Waals surface area (Å²) >= 11 is 0. The number of carbonyl (C=O) groups excluding carboxylic acids is 1. The van der Waals surface area contributed by atoms with Crippen LogP contribution in [0.5, 0.6) is 5.75 Å². The molecule has 0 aromatic heterocycles. The molecule has 0 aliphatic heterocycles. The zero-order valence-corrected chi connectivity index (χ0v) is 12.8. The number of Topliss-reactive ketones (excluding diaryl/α,β-unsaturated/α-hetero) is 1. The maximum atomic E-state index is 12.4. The summed E-state index contributed by atoms with van der Waals surface area (Å²) in [7, 11) is 0. The number of rotatable bonds is 8. The van der Waals surface area contributed by atoms with Gasteiger partial charge in [0.25, 0.3) is 0 Å². The Labute approximate surface area is 130 Å². The van der Waals surface area contributed by atoms with E-state index in [1.165, 1.54) is 0 Å². The van der Waals surface area contributed by atoms with E-state index in [0.29, 0.717) is 44.0 Å². The third-order valence-electron chi connectivity index (χ3n) is 3.95. The Hall–Kier alpha value is -1.43. The van der Waals surface area contributed by atoms with Crippen molar-refractivity contribution in [1.82, 2.24) is 0 Å². The fourth-order valence-electron chi connectivity index (χ4n) is 2.72. The highest BCUT2D eigenvalue weighted by molar-refractivity contribution is 6.02. The summed E-state index contributed by atoms with van der Waals surface area (Å²) in [6, 6.07) is 6.84. The Kier molecular flexibility index (Phi) is 6.36. The van der Waals surface area contributed by atoms with Crippen LogP contribution in [0, 0.1) is 0 Å². The fraction of sp³-hybridized carbons (Fsp3) is 0.588. The molecule has 1 fully saturated rings. The molecule has 1 saturated carbocycles. The Bertz CT molecular complexity index is 462. The number of ketones is 1. The summed E-state index contributed by atoms with van der Waals surface area (Å²) < 4.78 is 10.6. The van der Waals surface area contributed by atoms with Crippen molar-refractivity contribution in [3.63, 3.8) is 0 Å². The van der Waals surface area contributed by atoms with Crippen molar-refractivity contribution >= 4 is 5.78 Å². The van der Waals surface area contributed by atoms with Gasteiger partial charge in [-0.3, -0.25) is 4.79 Å². The van der Waals surface area contributed by atoms with Gasteiger partial charge in [-0.2, -0.15) is 0 Å². The van der Waals surface area contributed by atoms with Crippen molar-refractivity contribution in [2.75, 3.05) is 26.4 Å². The minimum absolute atomic E-state index is 0.000279. The van der Waals surface area contributed by atoms with Crippen molar-refractivity contribution in [3.8, 4) is 5.75 Å². The number of benzene rings is 1. The molecular weight excluding hydrogens is 284 g/mol. The minimum Gasteiger partial charge on any atom is -0.491 e. The molecule has 0 unspecified atom stereocenters. The summed E-state index contributed by atoms with van der Waals surface area (Å²) in [4.78, 5) is 12.4. The van der Waals surface area contributed by atoms with Crippen LogP contribution in [0.1, 0.15) is 42.5 Å². The van der Waals surface area contributed by atoms with E-state index >= 15 is 0 Å². The third-order valence-corrected chi connectivity index (χ3v) is 3.95. The number of hydrogen-bond donors (Lipinski definition) is 2. The molecule has 1 aromatic rings. The standard InChI is InChI=1S/C17H24O5/c18-10-11-21-12-13-22-15-6-4-14(5-7-15)16(19)17(20)8-2-1-3-9-17/h4-7,18,20H,1-3,8-13H2. The predicted octanol–water partition coefficient (Wildman–Crippen LogP) is 1.95. The minimum atomic E-state index is -1.20. The second-order valence-corrected chi connectivity index (χ2v) is 5.63. The van der Waals surface area contributed by atoms with Crippen LogP contribution >= 0.6 is 0 Å². The second-order valence-electron chi connectivity index (χ2n) is 5.63. The molecule has 0 bridgehead atoms. The molecule has 0 heterocycles. The van der Waals surface area contributed by atoms with Crippen LogP contribution in [0.4, 0.5) is 0 Å². The van der Waals surface area contributed by atoms with Gasteiger partial charge >= 0.3 is 0 Å². The molecular formula is C17H24O5. The first-order valence-corrected chi connectivity index (χ1v) is 7.84. The van der Waals surface area contributed by atoms with E-state index in [1.54, 1.807) is 24.3 Å². The lowest BCUT2D eigenvalue weighted by molar-refractivity contribution is 0.0116. The number of carbonyl (C=O) groups is 1. The van der Waals surface area contributed by atoms with E-state index in [4.69, 9.17) is 14.6 Å². The summed E-state index contributed by atoms with van der Waals surface area (Å²) in [5.41, 5.74) is -0.674.